The second-order valence-corrected chi connectivity index (χ2v) is 9.65. The maximum Gasteiger partial charge on any atom is 0.272 e. The van der Waals surface area contributed by atoms with Gasteiger partial charge in [-0.1, -0.05) is 45.0 Å². The highest BCUT2D eigenvalue weighted by Gasteiger charge is 2.20. The second-order valence-electron chi connectivity index (χ2n) is 7.90. The molecule has 3 aromatic rings. The van der Waals surface area contributed by atoms with E-state index in [4.69, 9.17) is 0 Å². The highest BCUT2D eigenvalue weighted by atomic mass is 32.2. The standard InChI is InChI=1S/C21H23N3O4S/c1-21(2,3)14-9-5-6-10-15(14)23-20(26)17-12-18(25)13-8-7-11-16(19(13)22-17)24-29(4,27)28/h5-12,24H,1-4H3,(H,22,25)(H,23,26). The van der Waals surface area contributed by atoms with Crippen LogP contribution >= 0.6 is 0 Å². The summed E-state index contributed by atoms with van der Waals surface area (Å²) in [6.07, 6.45) is 1.02. The zero-order valence-corrected chi connectivity index (χ0v) is 17.5. The van der Waals surface area contributed by atoms with Crippen LogP contribution in [0.25, 0.3) is 10.9 Å². The van der Waals surface area contributed by atoms with Gasteiger partial charge in [0.05, 0.1) is 17.5 Å². The number of para-hydroxylation sites is 2. The lowest BCUT2D eigenvalue weighted by atomic mass is 9.86. The van der Waals surface area contributed by atoms with E-state index in [0.29, 0.717) is 5.69 Å². The Morgan fingerprint density at radius 1 is 1.00 bits per heavy atom. The Morgan fingerprint density at radius 2 is 1.66 bits per heavy atom. The summed E-state index contributed by atoms with van der Waals surface area (Å²) in [6, 6.07) is 13.3. The molecule has 0 unspecified atom stereocenters. The van der Waals surface area contributed by atoms with Gasteiger partial charge in [-0.15, -0.1) is 0 Å². The first-order chi connectivity index (χ1) is 13.5. The number of nitrogens with one attached hydrogen (secondary N) is 3. The Balaban J connectivity index is 2.06. The van der Waals surface area contributed by atoms with Crippen molar-refractivity contribution in [1.29, 1.82) is 0 Å². The van der Waals surface area contributed by atoms with Crippen LogP contribution in [0.5, 0.6) is 0 Å². The molecule has 0 bridgehead atoms. The largest absolute Gasteiger partial charge is 0.349 e. The average Bonchev–Trinajstić information content (AvgIpc) is 2.60. The monoisotopic (exact) mass is 413 g/mol. The van der Waals surface area contributed by atoms with Crippen LogP contribution in [-0.4, -0.2) is 25.6 Å². The highest BCUT2D eigenvalue weighted by molar-refractivity contribution is 7.92. The number of sulfonamides is 1. The third-order valence-electron chi connectivity index (χ3n) is 4.39. The fraction of sp³-hybridized carbons (Fsp3) is 0.238. The maximum absolute atomic E-state index is 12.9. The number of aromatic amines is 1. The van der Waals surface area contributed by atoms with Crippen molar-refractivity contribution in [3.8, 4) is 0 Å². The van der Waals surface area contributed by atoms with E-state index in [9.17, 15) is 18.0 Å². The van der Waals surface area contributed by atoms with Crippen LogP contribution in [0.1, 0.15) is 36.8 Å². The number of fused-ring (bicyclic) bond motifs is 1. The van der Waals surface area contributed by atoms with Crippen molar-refractivity contribution in [2.24, 2.45) is 0 Å². The van der Waals surface area contributed by atoms with Crippen LogP contribution in [-0.2, 0) is 15.4 Å². The van der Waals surface area contributed by atoms with E-state index in [1.165, 1.54) is 12.1 Å². The number of pyridine rings is 1. The lowest BCUT2D eigenvalue weighted by Crippen LogP contribution is -2.21. The molecule has 7 nitrogen and oxygen atoms in total. The summed E-state index contributed by atoms with van der Waals surface area (Å²) in [7, 11) is -3.56. The molecule has 0 aliphatic rings. The van der Waals surface area contributed by atoms with Crippen molar-refractivity contribution in [2.75, 3.05) is 16.3 Å². The number of carbonyl (C=O) groups is 1. The van der Waals surface area contributed by atoms with Crippen molar-refractivity contribution < 1.29 is 13.2 Å². The second kappa shape index (κ2) is 7.36. The molecule has 0 saturated heterocycles. The Morgan fingerprint density at radius 3 is 2.31 bits per heavy atom. The van der Waals surface area contributed by atoms with E-state index in [1.807, 2.05) is 39.0 Å². The molecule has 0 aliphatic heterocycles. The van der Waals surface area contributed by atoms with Crippen molar-refractivity contribution in [3.63, 3.8) is 0 Å². The molecule has 152 valence electrons. The maximum atomic E-state index is 12.9. The van der Waals surface area contributed by atoms with E-state index in [2.05, 4.69) is 15.0 Å². The fourth-order valence-electron chi connectivity index (χ4n) is 3.11. The fourth-order valence-corrected chi connectivity index (χ4v) is 3.68. The summed E-state index contributed by atoms with van der Waals surface area (Å²) < 4.78 is 25.6. The minimum Gasteiger partial charge on any atom is -0.349 e. The summed E-state index contributed by atoms with van der Waals surface area (Å²) >= 11 is 0. The molecular weight excluding hydrogens is 390 g/mol. The van der Waals surface area contributed by atoms with Crippen LogP contribution < -0.4 is 15.5 Å². The SMILES string of the molecule is CC(C)(C)c1ccccc1NC(=O)c1cc(=O)c2cccc(NS(C)(=O)=O)c2[nH]1. The van der Waals surface area contributed by atoms with Crippen LogP contribution in [0.4, 0.5) is 11.4 Å². The number of hydrogen-bond acceptors (Lipinski definition) is 4. The number of anilines is 2. The quantitative estimate of drug-likeness (QED) is 0.609. The molecule has 1 heterocycles. The summed E-state index contributed by atoms with van der Waals surface area (Å²) in [6.45, 7) is 6.12. The first-order valence-electron chi connectivity index (χ1n) is 9.00. The van der Waals surface area contributed by atoms with Gasteiger partial charge in [0.1, 0.15) is 5.69 Å². The zero-order valence-electron chi connectivity index (χ0n) is 16.7. The Kier molecular flexibility index (Phi) is 5.23. The Hall–Kier alpha value is -3.13. The Bertz CT molecular complexity index is 1250. The van der Waals surface area contributed by atoms with Gasteiger partial charge in [-0.3, -0.25) is 14.3 Å². The van der Waals surface area contributed by atoms with Gasteiger partial charge >= 0.3 is 0 Å². The number of rotatable bonds is 4. The average molecular weight is 413 g/mol. The summed E-state index contributed by atoms with van der Waals surface area (Å²) in [5, 5.41) is 3.13. The lowest BCUT2D eigenvalue weighted by Gasteiger charge is -2.23. The van der Waals surface area contributed by atoms with E-state index in [1.54, 1.807) is 18.2 Å². The van der Waals surface area contributed by atoms with Crippen LogP contribution in [0.2, 0.25) is 0 Å². The summed E-state index contributed by atoms with van der Waals surface area (Å²) in [5.74, 6) is -0.491. The molecule has 3 N–H and O–H groups in total. The molecule has 2 aromatic carbocycles. The number of aromatic nitrogens is 1. The molecular formula is C21H23N3O4S. The van der Waals surface area contributed by atoms with Gasteiger partial charge < -0.3 is 10.3 Å². The van der Waals surface area contributed by atoms with Crippen LogP contribution in [0.3, 0.4) is 0 Å². The highest BCUT2D eigenvalue weighted by Crippen LogP contribution is 2.29. The number of H-pyrrole nitrogens is 1. The normalized spacial score (nSPS) is 12.0. The van der Waals surface area contributed by atoms with Gasteiger partial charge in [0, 0.05) is 17.1 Å². The van der Waals surface area contributed by atoms with Crippen LogP contribution in [0.15, 0.2) is 53.3 Å². The molecule has 0 radical (unpaired) electrons. The first kappa shape index (κ1) is 20.6. The topological polar surface area (TPSA) is 108 Å². The number of benzene rings is 2. The number of amides is 1. The van der Waals surface area contributed by atoms with Gasteiger partial charge in [0.15, 0.2) is 5.43 Å². The van der Waals surface area contributed by atoms with E-state index in [0.717, 1.165) is 11.8 Å². The predicted octanol–water partition coefficient (Wildman–Crippen LogP) is 3.45. The first-order valence-corrected chi connectivity index (χ1v) is 10.9. The van der Waals surface area contributed by atoms with Gasteiger partial charge in [-0.05, 0) is 29.2 Å². The number of carbonyl (C=O) groups excluding carboxylic acids is 1. The van der Waals surface area contributed by atoms with E-state index >= 15 is 0 Å². The van der Waals surface area contributed by atoms with Crippen molar-refractivity contribution >= 4 is 38.2 Å². The summed E-state index contributed by atoms with van der Waals surface area (Å²) in [4.78, 5) is 28.3. The molecule has 1 aromatic heterocycles. The summed E-state index contributed by atoms with van der Waals surface area (Å²) in [5.41, 5.74) is 1.52. The van der Waals surface area contributed by atoms with Gasteiger partial charge in [-0.2, -0.15) is 0 Å². The molecule has 0 atom stereocenters. The van der Waals surface area contributed by atoms with Crippen molar-refractivity contribution in [3.05, 3.63) is 70.0 Å². The minimum atomic E-state index is -3.56. The smallest absolute Gasteiger partial charge is 0.272 e. The molecule has 0 aliphatic carbocycles. The van der Waals surface area contributed by atoms with E-state index in [-0.39, 0.29) is 33.1 Å². The molecule has 0 spiro atoms. The van der Waals surface area contributed by atoms with Crippen molar-refractivity contribution in [1.82, 2.24) is 4.98 Å². The molecule has 8 heteroatoms. The van der Waals surface area contributed by atoms with Gasteiger partial charge in [0.2, 0.25) is 10.0 Å². The van der Waals surface area contributed by atoms with Gasteiger partial charge in [0.25, 0.3) is 5.91 Å². The third kappa shape index (κ3) is 4.65. The molecule has 0 fully saturated rings. The third-order valence-corrected chi connectivity index (χ3v) is 4.98. The van der Waals surface area contributed by atoms with E-state index < -0.39 is 15.9 Å². The zero-order chi connectivity index (χ0) is 21.4. The number of hydrogen-bond donors (Lipinski definition) is 3. The Labute approximate surface area is 169 Å². The lowest BCUT2D eigenvalue weighted by molar-refractivity contribution is 0.102. The molecule has 1 amide bonds. The minimum absolute atomic E-state index is 0.0361. The molecule has 0 saturated carbocycles. The van der Waals surface area contributed by atoms with Gasteiger partial charge in [-0.25, -0.2) is 8.42 Å². The molecule has 29 heavy (non-hydrogen) atoms. The van der Waals surface area contributed by atoms with Crippen LogP contribution in [0, 0.1) is 0 Å². The van der Waals surface area contributed by atoms with Crippen molar-refractivity contribution in [2.45, 2.75) is 26.2 Å². The predicted molar refractivity (Wildman–Crippen MR) is 116 cm³/mol. The molecule has 3 rings (SSSR count).